The molecule has 0 spiro atoms. The summed E-state index contributed by atoms with van der Waals surface area (Å²) >= 11 is 0. The molecule has 26 heavy (non-hydrogen) atoms. The highest BCUT2D eigenvalue weighted by molar-refractivity contribution is 6.05. The maximum atomic E-state index is 12.6. The largest absolute Gasteiger partial charge is 0.352 e. The molecule has 9 heteroatoms. The Morgan fingerprint density at radius 2 is 1.81 bits per heavy atom. The number of anilines is 1. The highest BCUT2D eigenvalue weighted by Gasteiger charge is 2.42. The number of likely N-dealkylation sites (N-methyl/N-ethyl adjacent to an activating group) is 2. The van der Waals surface area contributed by atoms with Gasteiger partial charge < -0.3 is 14.7 Å². The van der Waals surface area contributed by atoms with Crippen molar-refractivity contribution in [1.82, 2.24) is 24.7 Å². The number of hydrogen-bond donors (Lipinski definition) is 0. The van der Waals surface area contributed by atoms with E-state index in [1.165, 1.54) is 11.9 Å². The monoisotopic (exact) mass is 360 g/mol. The minimum absolute atomic E-state index is 0.0225. The summed E-state index contributed by atoms with van der Waals surface area (Å²) in [5, 5.41) is 0. The fourth-order valence-electron chi connectivity index (χ4n) is 3.36. The number of piperazine rings is 1. The second kappa shape index (κ2) is 6.89. The molecule has 1 aromatic rings. The molecule has 0 aliphatic carbocycles. The first-order chi connectivity index (χ1) is 12.3. The standard InChI is InChI=1S/C17H24N6O3/c1-11-10-18-12(2)15(19-11)23-7-5-22(6-8-23)14(24)9-13-16(25)21(4)17(26)20(13)3/h10,13H,5-9H2,1-4H3/t13-/m1/s1. The van der Waals surface area contributed by atoms with Gasteiger partial charge in [0.15, 0.2) is 0 Å². The van der Waals surface area contributed by atoms with E-state index in [1.54, 1.807) is 18.1 Å². The number of aryl methyl sites for hydroxylation is 2. The number of carbonyl (C=O) groups excluding carboxylic acids is 3. The van der Waals surface area contributed by atoms with E-state index in [0.29, 0.717) is 26.2 Å². The van der Waals surface area contributed by atoms with Gasteiger partial charge in [0.1, 0.15) is 11.9 Å². The number of carbonyl (C=O) groups is 3. The Labute approximate surface area is 152 Å². The van der Waals surface area contributed by atoms with E-state index in [0.717, 1.165) is 22.1 Å². The van der Waals surface area contributed by atoms with Crippen LogP contribution < -0.4 is 4.90 Å². The van der Waals surface area contributed by atoms with E-state index in [1.807, 2.05) is 13.8 Å². The van der Waals surface area contributed by atoms with E-state index < -0.39 is 6.04 Å². The Kier molecular flexibility index (Phi) is 4.80. The Hall–Kier alpha value is -2.71. The van der Waals surface area contributed by atoms with Crippen LogP contribution in [0.5, 0.6) is 0 Å². The first-order valence-corrected chi connectivity index (χ1v) is 8.67. The van der Waals surface area contributed by atoms with Crippen LogP contribution in [0.4, 0.5) is 10.6 Å². The van der Waals surface area contributed by atoms with Crippen LogP contribution in [-0.2, 0) is 9.59 Å². The number of rotatable bonds is 3. The normalized spacial score (nSPS) is 21.0. The number of aromatic nitrogens is 2. The van der Waals surface area contributed by atoms with E-state index in [-0.39, 0.29) is 24.3 Å². The predicted octanol–water partition coefficient (Wildman–Crippen LogP) is 0.0245. The quantitative estimate of drug-likeness (QED) is 0.706. The molecule has 0 N–H and O–H groups in total. The molecule has 4 amide bonds. The number of nitrogens with zero attached hydrogens (tertiary/aromatic N) is 6. The zero-order chi connectivity index (χ0) is 19.0. The predicted molar refractivity (Wildman–Crippen MR) is 94.6 cm³/mol. The third kappa shape index (κ3) is 3.21. The van der Waals surface area contributed by atoms with Gasteiger partial charge in [-0.3, -0.25) is 19.5 Å². The summed E-state index contributed by atoms with van der Waals surface area (Å²) in [6.07, 6.45) is 1.76. The van der Waals surface area contributed by atoms with Crippen LogP contribution in [0.3, 0.4) is 0 Å². The highest BCUT2D eigenvalue weighted by Crippen LogP contribution is 2.20. The molecule has 2 aliphatic rings. The van der Waals surface area contributed by atoms with Crippen molar-refractivity contribution in [1.29, 1.82) is 0 Å². The van der Waals surface area contributed by atoms with Crippen molar-refractivity contribution in [2.75, 3.05) is 45.2 Å². The van der Waals surface area contributed by atoms with Crippen LogP contribution >= 0.6 is 0 Å². The fraction of sp³-hybridized carbons (Fsp3) is 0.588. The average Bonchev–Trinajstić information content (AvgIpc) is 2.81. The van der Waals surface area contributed by atoms with Crippen molar-refractivity contribution >= 4 is 23.7 Å². The molecule has 0 saturated carbocycles. The third-order valence-corrected chi connectivity index (χ3v) is 5.02. The summed E-state index contributed by atoms with van der Waals surface area (Å²) in [5.41, 5.74) is 1.73. The number of imide groups is 1. The minimum atomic E-state index is -0.706. The lowest BCUT2D eigenvalue weighted by Gasteiger charge is -2.36. The number of urea groups is 1. The van der Waals surface area contributed by atoms with E-state index in [4.69, 9.17) is 0 Å². The van der Waals surface area contributed by atoms with Gasteiger partial charge in [-0.05, 0) is 13.8 Å². The van der Waals surface area contributed by atoms with Gasteiger partial charge in [0.05, 0.1) is 17.8 Å². The molecule has 1 atom stereocenters. The molecule has 0 radical (unpaired) electrons. The summed E-state index contributed by atoms with van der Waals surface area (Å²) in [6, 6.07) is -1.07. The summed E-state index contributed by atoms with van der Waals surface area (Å²) < 4.78 is 0. The summed E-state index contributed by atoms with van der Waals surface area (Å²) in [4.78, 5) is 51.7. The second-order valence-corrected chi connectivity index (χ2v) is 6.80. The summed E-state index contributed by atoms with van der Waals surface area (Å²) in [5.74, 6) is 0.426. The molecule has 3 heterocycles. The summed E-state index contributed by atoms with van der Waals surface area (Å²) in [6.45, 7) is 6.28. The van der Waals surface area contributed by atoms with Gasteiger partial charge in [-0.25, -0.2) is 9.78 Å². The van der Waals surface area contributed by atoms with Crippen LogP contribution in [0.25, 0.3) is 0 Å². The fourth-order valence-corrected chi connectivity index (χ4v) is 3.36. The van der Waals surface area contributed by atoms with Gasteiger partial charge in [0.25, 0.3) is 5.91 Å². The van der Waals surface area contributed by atoms with Gasteiger partial charge in [0, 0.05) is 46.5 Å². The molecule has 1 aromatic heterocycles. The molecular formula is C17H24N6O3. The molecule has 0 bridgehead atoms. The number of hydrogen-bond acceptors (Lipinski definition) is 6. The van der Waals surface area contributed by atoms with Crippen molar-refractivity contribution in [2.45, 2.75) is 26.3 Å². The Bertz CT molecular complexity index is 744. The molecule has 140 valence electrons. The maximum absolute atomic E-state index is 12.6. The van der Waals surface area contributed by atoms with Crippen LogP contribution in [-0.4, -0.2) is 88.8 Å². The molecule has 0 unspecified atom stereocenters. The van der Waals surface area contributed by atoms with Crippen LogP contribution in [0.15, 0.2) is 6.20 Å². The van der Waals surface area contributed by atoms with E-state index in [2.05, 4.69) is 14.9 Å². The SMILES string of the molecule is Cc1cnc(C)c(N2CCN(C(=O)C[C@@H]3C(=O)N(C)C(=O)N3C)CC2)n1. The topological polar surface area (TPSA) is 90.0 Å². The number of amides is 4. The van der Waals surface area contributed by atoms with Crippen molar-refractivity contribution in [3.63, 3.8) is 0 Å². The van der Waals surface area contributed by atoms with Gasteiger partial charge in [0.2, 0.25) is 5.91 Å². The lowest BCUT2D eigenvalue weighted by atomic mass is 10.1. The Morgan fingerprint density at radius 1 is 1.15 bits per heavy atom. The van der Waals surface area contributed by atoms with Crippen molar-refractivity contribution < 1.29 is 14.4 Å². The van der Waals surface area contributed by atoms with Gasteiger partial charge in [-0.1, -0.05) is 0 Å². The van der Waals surface area contributed by atoms with Gasteiger partial charge >= 0.3 is 6.03 Å². The molecule has 2 saturated heterocycles. The van der Waals surface area contributed by atoms with Crippen LogP contribution in [0.2, 0.25) is 0 Å². The molecule has 2 fully saturated rings. The first-order valence-electron chi connectivity index (χ1n) is 8.67. The highest BCUT2D eigenvalue weighted by atomic mass is 16.2. The van der Waals surface area contributed by atoms with Crippen molar-refractivity contribution in [3.05, 3.63) is 17.6 Å². The molecule has 9 nitrogen and oxygen atoms in total. The smallest absolute Gasteiger partial charge is 0.326 e. The van der Waals surface area contributed by atoms with Gasteiger partial charge in [-0.2, -0.15) is 0 Å². The lowest BCUT2D eigenvalue weighted by Crippen LogP contribution is -2.50. The minimum Gasteiger partial charge on any atom is -0.352 e. The zero-order valence-corrected chi connectivity index (χ0v) is 15.6. The van der Waals surface area contributed by atoms with Crippen molar-refractivity contribution in [3.8, 4) is 0 Å². The first kappa shape index (κ1) is 18.1. The molecule has 2 aliphatic heterocycles. The average molecular weight is 360 g/mol. The zero-order valence-electron chi connectivity index (χ0n) is 15.6. The molecular weight excluding hydrogens is 336 g/mol. The van der Waals surface area contributed by atoms with Gasteiger partial charge in [-0.15, -0.1) is 0 Å². The third-order valence-electron chi connectivity index (χ3n) is 5.02. The maximum Gasteiger partial charge on any atom is 0.326 e. The van der Waals surface area contributed by atoms with E-state index in [9.17, 15) is 14.4 Å². The Morgan fingerprint density at radius 3 is 2.38 bits per heavy atom. The second-order valence-electron chi connectivity index (χ2n) is 6.80. The van der Waals surface area contributed by atoms with E-state index >= 15 is 0 Å². The summed E-state index contributed by atoms with van der Waals surface area (Å²) in [7, 11) is 2.99. The Balaban J connectivity index is 1.60. The van der Waals surface area contributed by atoms with Crippen LogP contribution in [0.1, 0.15) is 17.8 Å². The molecule has 0 aromatic carbocycles. The van der Waals surface area contributed by atoms with Crippen LogP contribution in [0, 0.1) is 13.8 Å². The molecule has 3 rings (SSSR count). The van der Waals surface area contributed by atoms with Crippen molar-refractivity contribution in [2.24, 2.45) is 0 Å². The lowest BCUT2D eigenvalue weighted by molar-refractivity contribution is -0.136.